The van der Waals surface area contributed by atoms with E-state index >= 15 is 0 Å². The number of anilines is 2. The van der Waals surface area contributed by atoms with Gasteiger partial charge in [0.1, 0.15) is 5.75 Å². The van der Waals surface area contributed by atoms with Crippen molar-refractivity contribution in [2.75, 3.05) is 17.7 Å². The topological polar surface area (TPSA) is 93.5 Å². The molecule has 2 amide bonds. The molecule has 168 valence electrons. The summed E-state index contributed by atoms with van der Waals surface area (Å²) in [5.74, 6) is 0.517. The zero-order valence-electron chi connectivity index (χ0n) is 17.9. The summed E-state index contributed by atoms with van der Waals surface area (Å²) in [6, 6.07) is 18.2. The molecule has 2 aromatic carbocycles. The van der Waals surface area contributed by atoms with Crippen molar-refractivity contribution in [3.8, 4) is 17.0 Å². The molecule has 0 bridgehead atoms. The summed E-state index contributed by atoms with van der Waals surface area (Å²) in [6.07, 6.45) is 1.45. The van der Waals surface area contributed by atoms with Gasteiger partial charge in [0.15, 0.2) is 10.9 Å². The number of carbonyl (C=O) groups excluding carboxylic acids is 2. The number of rotatable bonds is 8. The Morgan fingerprint density at radius 3 is 2.58 bits per heavy atom. The van der Waals surface area contributed by atoms with Gasteiger partial charge in [0.2, 0.25) is 5.91 Å². The average Bonchev–Trinajstić information content (AvgIpc) is 3.53. The molecule has 0 spiro atoms. The van der Waals surface area contributed by atoms with Gasteiger partial charge in [-0.2, -0.15) is 0 Å². The van der Waals surface area contributed by atoms with Crippen molar-refractivity contribution in [1.29, 1.82) is 0 Å². The van der Waals surface area contributed by atoms with Gasteiger partial charge < -0.3 is 19.8 Å². The van der Waals surface area contributed by atoms with Gasteiger partial charge in [0, 0.05) is 21.5 Å². The normalized spacial score (nSPS) is 11.6. The minimum atomic E-state index is -0.341. The quantitative estimate of drug-likeness (QED) is 0.311. The van der Waals surface area contributed by atoms with Crippen LogP contribution in [0.3, 0.4) is 0 Å². The number of thiazole rings is 1. The van der Waals surface area contributed by atoms with E-state index in [1.54, 1.807) is 31.4 Å². The van der Waals surface area contributed by atoms with Gasteiger partial charge in [-0.3, -0.25) is 9.59 Å². The molecule has 33 heavy (non-hydrogen) atoms. The SMILES string of the molecule is COc1ccccc1-c1csc(NC(=O)C(C)Sc2ccc(NC(=O)c3ccco3)cc2)n1. The van der Waals surface area contributed by atoms with E-state index < -0.39 is 0 Å². The molecular weight excluding hydrogens is 458 g/mol. The molecule has 0 aliphatic rings. The van der Waals surface area contributed by atoms with Crippen LogP contribution >= 0.6 is 23.1 Å². The summed E-state index contributed by atoms with van der Waals surface area (Å²) < 4.78 is 10.5. The first-order valence-electron chi connectivity index (χ1n) is 10.0. The van der Waals surface area contributed by atoms with Crippen molar-refractivity contribution in [2.24, 2.45) is 0 Å². The second-order valence-corrected chi connectivity index (χ2v) is 9.22. The fraction of sp³-hybridized carbons (Fsp3) is 0.125. The van der Waals surface area contributed by atoms with Gasteiger partial charge in [-0.25, -0.2) is 4.98 Å². The lowest BCUT2D eigenvalue weighted by atomic mass is 10.1. The van der Waals surface area contributed by atoms with Crippen molar-refractivity contribution in [1.82, 2.24) is 4.98 Å². The lowest BCUT2D eigenvalue weighted by Crippen LogP contribution is -2.22. The second kappa shape index (κ2) is 10.4. The summed E-state index contributed by atoms with van der Waals surface area (Å²) in [5.41, 5.74) is 2.27. The van der Waals surface area contributed by atoms with Crippen LogP contribution in [-0.2, 0) is 4.79 Å². The van der Waals surface area contributed by atoms with E-state index in [0.717, 1.165) is 21.9 Å². The summed E-state index contributed by atoms with van der Waals surface area (Å²) in [6.45, 7) is 1.83. The number of nitrogens with one attached hydrogen (secondary N) is 2. The smallest absolute Gasteiger partial charge is 0.291 e. The number of thioether (sulfide) groups is 1. The third kappa shape index (κ3) is 5.63. The molecule has 0 saturated carbocycles. The predicted octanol–water partition coefficient (Wildman–Crippen LogP) is 5.78. The Morgan fingerprint density at radius 1 is 1.06 bits per heavy atom. The molecule has 0 aliphatic heterocycles. The molecule has 7 nitrogen and oxygen atoms in total. The monoisotopic (exact) mass is 479 g/mol. The van der Waals surface area contributed by atoms with Crippen molar-refractivity contribution in [3.63, 3.8) is 0 Å². The molecule has 2 aromatic heterocycles. The van der Waals surface area contributed by atoms with E-state index in [1.807, 2.05) is 48.7 Å². The zero-order valence-corrected chi connectivity index (χ0v) is 19.5. The van der Waals surface area contributed by atoms with E-state index in [4.69, 9.17) is 9.15 Å². The van der Waals surface area contributed by atoms with Crippen molar-refractivity contribution in [3.05, 3.63) is 78.1 Å². The van der Waals surface area contributed by atoms with Crippen LogP contribution in [0.2, 0.25) is 0 Å². The maximum absolute atomic E-state index is 12.7. The molecule has 2 heterocycles. The Morgan fingerprint density at radius 2 is 1.85 bits per heavy atom. The standard InChI is InChI=1S/C24H21N3O4S2/c1-15(33-17-11-9-16(10-12-17)25-23(29)21-8-5-13-31-21)22(28)27-24-26-19(14-32-24)18-6-3-4-7-20(18)30-2/h3-15H,1-2H3,(H,25,29)(H,26,27,28). The lowest BCUT2D eigenvalue weighted by Gasteiger charge is -2.11. The van der Waals surface area contributed by atoms with Crippen LogP contribution in [0.15, 0.2) is 81.6 Å². The summed E-state index contributed by atoms with van der Waals surface area (Å²) in [7, 11) is 1.62. The van der Waals surface area contributed by atoms with E-state index in [2.05, 4.69) is 15.6 Å². The minimum absolute atomic E-state index is 0.142. The Labute approximate surface area is 199 Å². The molecule has 1 atom stereocenters. The number of carbonyl (C=O) groups is 2. The van der Waals surface area contributed by atoms with Gasteiger partial charge in [-0.1, -0.05) is 12.1 Å². The first kappa shape index (κ1) is 22.6. The third-order valence-electron chi connectivity index (χ3n) is 4.66. The number of hydrogen-bond acceptors (Lipinski definition) is 7. The van der Waals surface area contributed by atoms with Gasteiger partial charge in [0.05, 0.1) is 24.3 Å². The van der Waals surface area contributed by atoms with Crippen LogP contribution in [-0.4, -0.2) is 29.2 Å². The highest BCUT2D eigenvalue weighted by atomic mass is 32.2. The van der Waals surface area contributed by atoms with Gasteiger partial charge >= 0.3 is 0 Å². The van der Waals surface area contributed by atoms with Crippen LogP contribution in [0.25, 0.3) is 11.3 Å². The molecule has 9 heteroatoms. The molecule has 0 radical (unpaired) electrons. The molecule has 0 aliphatic carbocycles. The maximum Gasteiger partial charge on any atom is 0.291 e. The summed E-state index contributed by atoms with van der Waals surface area (Å²) in [5, 5.41) is 7.73. The molecule has 1 unspecified atom stereocenters. The van der Waals surface area contributed by atoms with Gasteiger partial charge in [-0.05, 0) is 55.5 Å². The summed E-state index contributed by atoms with van der Waals surface area (Å²) >= 11 is 2.79. The number of hydrogen-bond donors (Lipinski definition) is 2. The first-order chi connectivity index (χ1) is 16.0. The van der Waals surface area contributed by atoms with Crippen LogP contribution in [0.5, 0.6) is 5.75 Å². The lowest BCUT2D eigenvalue weighted by molar-refractivity contribution is -0.115. The van der Waals surface area contributed by atoms with Gasteiger partial charge in [0.25, 0.3) is 5.91 Å². The van der Waals surface area contributed by atoms with Crippen LogP contribution in [0.1, 0.15) is 17.5 Å². The number of amides is 2. The Bertz CT molecular complexity index is 1240. The molecule has 2 N–H and O–H groups in total. The maximum atomic E-state index is 12.7. The van der Waals surface area contributed by atoms with Crippen molar-refractivity contribution in [2.45, 2.75) is 17.1 Å². The van der Waals surface area contributed by atoms with E-state index in [1.165, 1.54) is 29.4 Å². The largest absolute Gasteiger partial charge is 0.496 e. The number of methoxy groups -OCH3 is 1. The number of nitrogens with zero attached hydrogens (tertiary/aromatic N) is 1. The van der Waals surface area contributed by atoms with E-state index in [0.29, 0.717) is 10.8 Å². The van der Waals surface area contributed by atoms with E-state index in [9.17, 15) is 9.59 Å². The Hall–Kier alpha value is -3.56. The third-order valence-corrected chi connectivity index (χ3v) is 6.53. The fourth-order valence-electron chi connectivity index (χ4n) is 2.99. The fourth-order valence-corrected chi connectivity index (χ4v) is 4.57. The highest BCUT2D eigenvalue weighted by Gasteiger charge is 2.17. The highest BCUT2D eigenvalue weighted by Crippen LogP contribution is 2.32. The average molecular weight is 480 g/mol. The Kier molecular flexibility index (Phi) is 7.11. The molecule has 0 fully saturated rings. The zero-order chi connectivity index (χ0) is 23.2. The van der Waals surface area contributed by atoms with Gasteiger partial charge in [-0.15, -0.1) is 23.1 Å². The van der Waals surface area contributed by atoms with Crippen molar-refractivity contribution < 1.29 is 18.7 Å². The number of furan rings is 1. The molecule has 0 saturated heterocycles. The Balaban J connectivity index is 1.33. The molecule has 4 aromatic rings. The second-order valence-electron chi connectivity index (χ2n) is 6.94. The number of para-hydroxylation sites is 1. The van der Waals surface area contributed by atoms with Crippen LogP contribution < -0.4 is 15.4 Å². The number of aromatic nitrogens is 1. The van der Waals surface area contributed by atoms with Crippen LogP contribution in [0.4, 0.5) is 10.8 Å². The number of ether oxygens (including phenoxy) is 1. The predicted molar refractivity (Wildman–Crippen MR) is 131 cm³/mol. The first-order valence-corrected chi connectivity index (χ1v) is 11.8. The van der Waals surface area contributed by atoms with Crippen LogP contribution in [0, 0.1) is 0 Å². The summed E-state index contributed by atoms with van der Waals surface area (Å²) in [4.78, 5) is 30.2. The van der Waals surface area contributed by atoms with Crippen molar-refractivity contribution >= 4 is 45.7 Å². The van der Waals surface area contributed by atoms with E-state index in [-0.39, 0.29) is 22.8 Å². The number of benzene rings is 2. The minimum Gasteiger partial charge on any atom is -0.496 e. The molecular formula is C24H21N3O4S2. The molecule has 4 rings (SSSR count). The highest BCUT2D eigenvalue weighted by molar-refractivity contribution is 8.00.